The quantitative estimate of drug-likeness (QED) is 0.239. The van der Waals surface area contributed by atoms with Crippen LogP contribution in [0.3, 0.4) is 0 Å². The summed E-state index contributed by atoms with van der Waals surface area (Å²) in [7, 11) is -2.30. The van der Waals surface area contributed by atoms with E-state index in [-0.39, 0.29) is 48.6 Å². The van der Waals surface area contributed by atoms with Gasteiger partial charge in [-0.1, -0.05) is 58.0 Å². The minimum atomic E-state index is -3.91. The van der Waals surface area contributed by atoms with Crippen LogP contribution in [-0.2, 0) is 25.8 Å². The van der Waals surface area contributed by atoms with Crippen molar-refractivity contribution >= 4 is 21.7 Å². The zero-order valence-corrected chi connectivity index (χ0v) is 26.0. The van der Waals surface area contributed by atoms with E-state index in [1.807, 2.05) is 44.2 Å². The van der Waals surface area contributed by atoms with Gasteiger partial charge in [0.25, 0.3) is 5.91 Å². The third-order valence-electron chi connectivity index (χ3n) is 6.80. The molecular weight excluding hydrogens is 560 g/mol. The Morgan fingerprint density at radius 1 is 1.02 bits per heavy atom. The fourth-order valence-corrected chi connectivity index (χ4v) is 6.68. The standard InChI is InChI=1S/C30H44N4O7S/c1-19(2)14-29(37)34(33-28(36)18-31-6)24(15-22-10-8-7-9-11-22)25(35)17-32-30(20(3)4)42(38,39)23-12-13-26-27(16-23)41-21(5)40-26/h7-13,16,19-21,24-25,30-32,35H,14-15,17-18H2,1-6H3,(H,33,36)/t21?,24-,25+,30?/m0/s1. The normalized spacial score (nSPS) is 16.7. The first-order chi connectivity index (χ1) is 19.8. The number of hydrazine groups is 1. The zero-order chi connectivity index (χ0) is 31.0. The number of benzene rings is 2. The van der Waals surface area contributed by atoms with Gasteiger partial charge in [-0.3, -0.25) is 20.3 Å². The second-order valence-corrected chi connectivity index (χ2v) is 13.4. The summed E-state index contributed by atoms with van der Waals surface area (Å²) in [6.07, 6.45) is -1.36. The van der Waals surface area contributed by atoms with Crippen molar-refractivity contribution in [3.63, 3.8) is 0 Å². The van der Waals surface area contributed by atoms with Crippen molar-refractivity contribution in [2.75, 3.05) is 20.1 Å². The van der Waals surface area contributed by atoms with Crippen LogP contribution in [0.25, 0.3) is 0 Å². The summed E-state index contributed by atoms with van der Waals surface area (Å²) in [6.45, 7) is 8.86. The zero-order valence-electron chi connectivity index (χ0n) is 25.2. The van der Waals surface area contributed by atoms with Crippen molar-refractivity contribution in [3.05, 3.63) is 54.1 Å². The van der Waals surface area contributed by atoms with Gasteiger partial charge in [-0.2, -0.15) is 0 Å². The smallest absolute Gasteiger partial charge is 0.252 e. The summed E-state index contributed by atoms with van der Waals surface area (Å²) in [4.78, 5) is 26.0. The predicted octanol–water partition coefficient (Wildman–Crippen LogP) is 2.25. The van der Waals surface area contributed by atoms with E-state index in [0.29, 0.717) is 11.5 Å². The number of rotatable bonds is 14. The monoisotopic (exact) mass is 604 g/mol. The Morgan fingerprint density at radius 2 is 1.69 bits per heavy atom. The number of amides is 2. The molecule has 0 saturated heterocycles. The van der Waals surface area contributed by atoms with Gasteiger partial charge in [0.05, 0.1) is 23.6 Å². The highest BCUT2D eigenvalue weighted by atomic mass is 32.2. The summed E-state index contributed by atoms with van der Waals surface area (Å²) >= 11 is 0. The first-order valence-corrected chi connectivity index (χ1v) is 15.8. The van der Waals surface area contributed by atoms with Gasteiger partial charge in [-0.15, -0.1) is 0 Å². The van der Waals surface area contributed by atoms with Gasteiger partial charge in [0.15, 0.2) is 21.3 Å². The van der Waals surface area contributed by atoms with E-state index in [1.165, 1.54) is 17.1 Å². The Kier molecular flexibility index (Phi) is 11.7. The fourth-order valence-electron chi connectivity index (χ4n) is 4.83. The Bertz CT molecular complexity index is 1300. The van der Waals surface area contributed by atoms with Gasteiger partial charge in [0.1, 0.15) is 5.37 Å². The number of nitrogens with zero attached hydrogens (tertiary/aromatic N) is 1. The lowest BCUT2D eigenvalue weighted by molar-refractivity contribution is -0.148. The minimum absolute atomic E-state index is 0.00833. The summed E-state index contributed by atoms with van der Waals surface area (Å²) in [5.74, 6) is -0.321. The fraction of sp³-hybridized carbons (Fsp3) is 0.533. The number of ether oxygens (including phenoxy) is 2. The molecule has 1 aliphatic heterocycles. The number of aliphatic hydroxyl groups excluding tert-OH is 1. The maximum atomic E-state index is 13.7. The second-order valence-electron chi connectivity index (χ2n) is 11.3. The summed E-state index contributed by atoms with van der Waals surface area (Å²) < 4.78 is 38.6. The molecule has 0 radical (unpaired) electrons. The highest BCUT2D eigenvalue weighted by molar-refractivity contribution is 7.92. The first-order valence-electron chi connectivity index (χ1n) is 14.3. The van der Waals surface area contributed by atoms with Gasteiger partial charge in [0, 0.05) is 26.0 Å². The van der Waals surface area contributed by atoms with E-state index < -0.39 is 39.6 Å². The average Bonchev–Trinajstić information content (AvgIpc) is 3.30. The summed E-state index contributed by atoms with van der Waals surface area (Å²) in [6, 6.07) is 12.9. The van der Waals surface area contributed by atoms with E-state index in [4.69, 9.17) is 9.47 Å². The first kappa shape index (κ1) is 33.3. The maximum Gasteiger partial charge on any atom is 0.252 e. The molecule has 2 unspecified atom stereocenters. The predicted molar refractivity (Wildman–Crippen MR) is 159 cm³/mol. The molecule has 2 aromatic carbocycles. The molecule has 232 valence electrons. The average molecular weight is 605 g/mol. The van der Waals surface area contributed by atoms with Crippen molar-refractivity contribution in [3.8, 4) is 11.5 Å². The molecule has 0 aliphatic carbocycles. The van der Waals surface area contributed by atoms with Gasteiger partial charge >= 0.3 is 0 Å². The molecule has 0 fully saturated rings. The number of carbonyl (C=O) groups is 2. The van der Waals surface area contributed by atoms with E-state index in [9.17, 15) is 23.1 Å². The molecular formula is C30H44N4O7S. The highest BCUT2D eigenvalue weighted by Gasteiger charge is 2.36. The van der Waals surface area contributed by atoms with Crippen molar-refractivity contribution in [1.82, 2.24) is 21.1 Å². The van der Waals surface area contributed by atoms with Gasteiger partial charge in [-0.25, -0.2) is 13.4 Å². The molecule has 0 saturated carbocycles. The van der Waals surface area contributed by atoms with Crippen LogP contribution in [0.5, 0.6) is 11.5 Å². The van der Waals surface area contributed by atoms with E-state index >= 15 is 0 Å². The third kappa shape index (κ3) is 8.66. The van der Waals surface area contributed by atoms with Crippen molar-refractivity contribution in [2.24, 2.45) is 11.8 Å². The van der Waals surface area contributed by atoms with Gasteiger partial charge in [-0.05, 0) is 43.0 Å². The third-order valence-corrected chi connectivity index (χ3v) is 9.09. The largest absolute Gasteiger partial charge is 0.451 e. The van der Waals surface area contributed by atoms with Crippen molar-refractivity contribution in [1.29, 1.82) is 0 Å². The van der Waals surface area contributed by atoms with Crippen LogP contribution in [-0.4, -0.2) is 74.3 Å². The van der Waals surface area contributed by atoms with Crippen LogP contribution in [0, 0.1) is 11.8 Å². The Morgan fingerprint density at radius 3 is 2.31 bits per heavy atom. The number of sulfone groups is 1. The lowest BCUT2D eigenvalue weighted by atomic mass is 9.99. The molecule has 4 atom stereocenters. The van der Waals surface area contributed by atoms with Crippen LogP contribution in [0.1, 0.15) is 46.6 Å². The molecule has 1 heterocycles. The number of fused-ring (bicyclic) bond motifs is 1. The van der Waals surface area contributed by atoms with Crippen LogP contribution in [0.2, 0.25) is 0 Å². The van der Waals surface area contributed by atoms with Gasteiger partial charge in [0.2, 0.25) is 12.2 Å². The Labute approximate surface area is 248 Å². The molecule has 12 heteroatoms. The second kappa shape index (κ2) is 14.8. The Hall–Kier alpha value is -3.19. The van der Waals surface area contributed by atoms with Crippen LogP contribution >= 0.6 is 0 Å². The molecule has 0 aromatic heterocycles. The number of hydrogen-bond acceptors (Lipinski definition) is 9. The van der Waals surface area contributed by atoms with Gasteiger partial charge < -0.3 is 19.9 Å². The van der Waals surface area contributed by atoms with E-state index in [2.05, 4.69) is 16.1 Å². The molecule has 0 bridgehead atoms. The molecule has 0 spiro atoms. The van der Waals surface area contributed by atoms with Crippen molar-refractivity contribution in [2.45, 2.75) is 76.2 Å². The SMILES string of the molecule is CNCC(=O)NN(C(=O)CC(C)C)[C@@H](Cc1ccccc1)[C@H](O)CNC(C(C)C)S(=O)(=O)c1ccc2c(c1)OC(C)O2. The van der Waals surface area contributed by atoms with Crippen LogP contribution in [0.15, 0.2) is 53.4 Å². The summed E-state index contributed by atoms with van der Waals surface area (Å²) in [5.41, 5.74) is 3.51. The number of carbonyl (C=O) groups excluding carboxylic acids is 2. The topological polar surface area (TPSA) is 146 Å². The summed E-state index contributed by atoms with van der Waals surface area (Å²) in [5, 5.41) is 17.5. The molecule has 3 rings (SSSR count). The van der Waals surface area contributed by atoms with Crippen LogP contribution < -0.4 is 25.5 Å². The number of nitrogens with one attached hydrogen (secondary N) is 3. The number of likely N-dealkylation sites (N-methyl/N-ethyl adjacent to an activating group) is 1. The molecule has 1 aliphatic rings. The molecule has 42 heavy (non-hydrogen) atoms. The van der Waals surface area contributed by atoms with E-state index in [1.54, 1.807) is 33.9 Å². The van der Waals surface area contributed by atoms with E-state index in [0.717, 1.165) is 5.56 Å². The lowest BCUT2D eigenvalue weighted by Gasteiger charge is -2.36. The van der Waals surface area contributed by atoms with Crippen LogP contribution in [0.4, 0.5) is 0 Å². The van der Waals surface area contributed by atoms with Crippen molar-refractivity contribution < 1.29 is 32.6 Å². The maximum absolute atomic E-state index is 13.7. The lowest BCUT2D eigenvalue weighted by Crippen LogP contribution is -2.60. The highest BCUT2D eigenvalue weighted by Crippen LogP contribution is 2.37. The number of hydrogen-bond donors (Lipinski definition) is 4. The molecule has 4 N–H and O–H groups in total. The molecule has 2 amide bonds. The number of aliphatic hydroxyl groups is 1. The minimum Gasteiger partial charge on any atom is -0.451 e. The molecule has 2 aromatic rings. The Balaban J connectivity index is 1.89. The molecule has 11 nitrogen and oxygen atoms in total.